The zero-order chi connectivity index (χ0) is 25.8. The Hall–Kier alpha value is -4.19. The highest BCUT2D eigenvalue weighted by atomic mass is 32.2. The molecule has 2 heterocycles. The number of carbonyl (C=O) groups is 1. The summed E-state index contributed by atoms with van der Waals surface area (Å²) in [5.74, 6) is 0.731. The Balaban J connectivity index is 1.57. The minimum atomic E-state index is -0.629. The highest BCUT2D eigenvalue weighted by Gasteiger charge is 2.36. The fraction of sp³-hybridized carbons (Fsp3) is 0.250. The van der Waals surface area contributed by atoms with Crippen LogP contribution in [0, 0.1) is 21.4 Å². The number of hydrazone groups is 1. The van der Waals surface area contributed by atoms with Crippen LogP contribution < -0.4 is 14.2 Å². The van der Waals surface area contributed by atoms with Crippen molar-refractivity contribution >= 4 is 45.5 Å². The maximum Gasteiger partial charge on any atom is 0.283 e. The van der Waals surface area contributed by atoms with Crippen molar-refractivity contribution < 1.29 is 23.9 Å². The number of amidine groups is 2. The van der Waals surface area contributed by atoms with Crippen LogP contribution >= 0.6 is 11.8 Å². The third kappa shape index (κ3) is 5.23. The molecule has 2 aromatic carbocycles. The summed E-state index contributed by atoms with van der Waals surface area (Å²) in [6, 6.07) is 11.2. The number of aliphatic imine (C=N–C) groups is 1. The normalized spacial score (nSPS) is 16.1. The largest absolute Gasteiger partial charge is 0.493 e. The molecule has 0 atom stereocenters. The molecule has 0 unspecified atom stereocenters. The van der Waals surface area contributed by atoms with Crippen molar-refractivity contribution in [1.29, 1.82) is 5.41 Å². The number of thioether (sulfide) groups is 1. The van der Waals surface area contributed by atoms with Gasteiger partial charge in [0.1, 0.15) is 24.0 Å². The molecule has 0 aliphatic carbocycles. The molecule has 2 aromatic rings. The van der Waals surface area contributed by atoms with E-state index in [1.165, 1.54) is 41.0 Å². The summed E-state index contributed by atoms with van der Waals surface area (Å²) in [5.41, 5.74) is 0.0205. The SMILES string of the molecule is COc1ccccc1OCCOc1ccc([N+](=O)[O-])cc1C=C1C(=N)N2N=C(C(C)C)SC2=NC1=O. The first-order chi connectivity index (χ1) is 17.3. The van der Waals surface area contributed by atoms with Crippen molar-refractivity contribution in [2.45, 2.75) is 13.8 Å². The molecule has 0 fully saturated rings. The van der Waals surface area contributed by atoms with E-state index in [0.717, 1.165) is 5.04 Å². The Morgan fingerprint density at radius 2 is 1.83 bits per heavy atom. The van der Waals surface area contributed by atoms with E-state index in [9.17, 15) is 14.9 Å². The second-order valence-electron chi connectivity index (χ2n) is 7.94. The molecule has 4 rings (SSSR count). The Labute approximate surface area is 211 Å². The maximum absolute atomic E-state index is 12.7. The molecule has 12 heteroatoms. The van der Waals surface area contributed by atoms with Gasteiger partial charge in [0.05, 0.1) is 17.6 Å². The monoisotopic (exact) mass is 509 g/mol. The van der Waals surface area contributed by atoms with E-state index in [4.69, 9.17) is 19.6 Å². The van der Waals surface area contributed by atoms with E-state index in [0.29, 0.717) is 16.7 Å². The number of carbonyl (C=O) groups excluding carboxylic acids is 1. The van der Waals surface area contributed by atoms with Gasteiger partial charge in [-0.3, -0.25) is 20.3 Å². The van der Waals surface area contributed by atoms with E-state index in [2.05, 4.69) is 10.1 Å². The molecular formula is C24H23N5O6S. The first kappa shape index (κ1) is 24.9. The minimum Gasteiger partial charge on any atom is -0.493 e. The van der Waals surface area contributed by atoms with Crippen LogP contribution in [0.25, 0.3) is 6.08 Å². The summed E-state index contributed by atoms with van der Waals surface area (Å²) in [4.78, 5) is 27.6. The molecule has 2 aliphatic rings. The predicted octanol–water partition coefficient (Wildman–Crippen LogP) is 4.34. The Morgan fingerprint density at radius 3 is 2.50 bits per heavy atom. The van der Waals surface area contributed by atoms with Crippen LogP contribution in [0.2, 0.25) is 0 Å². The molecule has 36 heavy (non-hydrogen) atoms. The number of amides is 1. The van der Waals surface area contributed by atoms with Gasteiger partial charge in [0.25, 0.3) is 11.6 Å². The van der Waals surface area contributed by atoms with Gasteiger partial charge < -0.3 is 14.2 Å². The number of hydrogen-bond donors (Lipinski definition) is 1. The van der Waals surface area contributed by atoms with Gasteiger partial charge in [-0.05, 0) is 36.0 Å². The quantitative estimate of drug-likeness (QED) is 0.228. The van der Waals surface area contributed by atoms with Crippen molar-refractivity contribution in [3.05, 3.63) is 63.7 Å². The average molecular weight is 510 g/mol. The minimum absolute atomic E-state index is 0.0521. The number of ether oxygens (including phenoxy) is 3. The number of benzene rings is 2. The molecule has 1 N–H and O–H groups in total. The van der Waals surface area contributed by atoms with E-state index in [-0.39, 0.29) is 47.5 Å². The van der Waals surface area contributed by atoms with E-state index in [1.807, 2.05) is 26.0 Å². The highest BCUT2D eigenvalue weighted by Crippen LogP contribution is 2.33. The number of nitrogens with one attached hydrogen (secondary N) is 1. The zero-order valence-corrected chi connectivity index (χ0v) is 20.6. The van der Waals surface area contributed by atoms with Gasteiger partial charge in [0, 0.05) is 23.6 Å². The molecule has 2 aliphatic heterocycles. The van der Waals surface area contributed by atoms with Gasteiger partial charge in [-0.2, -0.15) is 15.1 Å². The smallest absolute Gasteiger partial charge is 0.283 e. The molecule has 11 nitrogen and oxygen atoms in total. The van der Waals surface area contributed by atoms with Crippen LogP contribution in [-0.4, -0.2) is 52.2 Å². The number of non-ortho nitro benzene ring substituents is 1. The van der Waals surface area contributed by atoms with Gasteiger partial charge in [-0.25, -0.2) is 0 Å². The lowest BCUT2D eigenvalue weighted by atomic mass is 10.1. The highest BCUT2D eigenvalue weighted by molar-refractivity contribution is 8.27. The fourth-order valence-electron chi connectivity index (χ4n) is 3.33. The van der Waals surface area contributed by atoms with Gasteiger partial charge in [0.2, 0.25) is 5.17 Å². The van der Waals surface area contributed by atoms with Gasteiger partial charge in [-0.15, -0.1) is 0 Å². The van der Waals surface area contributed by atoms with Crippen molar-refractivity contribution in [2.75, 3.05) is 20.3 Å². The van der Waals surface area contributed by atoms with Crippen LogP contribution in [0.15, 0.2) is 58.1 Å². The number of nitro benzene ring substituents is 1. The van der Waals surface area contributed by atoms with Crippen molar-refractivity contribution in [2.24, 2.45) is 16.0 Å². The molecule has 0 aromatic heterocycles. The second kappa shape index (κ2) is 10.6. The van der Waals surface area contributed by atoms with Gasteiger partial charge in [-0.1, -0.05) is 26.0 Å². The maximum atomic E-state index is 12.7. The Morgan fingerprint density at radius 1 is 1.14 bits per heavy atom. The lowest BCUT2D eigenvalue weighted by molar-refractivity contribution is -0.384. The predicted molar refractivity (Wildman–Crippen MR) is 137 cm³/mol. The Kier molecular flexibility index (Phi) is 7.34. The van der Waals surface area contributed by atoms with E-state index < -0.39 is 10.8 Å². The third-order valence-corrected chi connectivity index (χ3v) is 6.34. The molecule has 0 spiro atoms. The molecule has 1 amide bonds. The Bertz CT molecular complexity index is 1320. The summed E-state index contributed by atoms with van der Waals surface area (Å²) in [5, 5.41) is 26.6. The van der Waals surface area contributed by atoms with Crippen LogP contribution in [-0.2, 0) is 4.79 Å². The van der Waals surface area contributed by atoms with E-state index in [1.54, 1.807) is 19.2 Å². The standard InChI is InChI=1S/C24H23N5O6S/c1-14(2)23-27-28-21(25)17(22(30)26-24(28)36-23)13-15-12-16(29(31)32)8-9-18(15)34-10-11-35-20-7-5-4-6-19(20)33-3/h4-9,12-14,25H,10-11H2,1-3H3. The number of methoxy groups -OCH3 is 1. The third-order valence-electron chi connectivity index (χ3n) is 5.14. The van der Waals surface area contributed by atoms with Crippen LogP contribution in [0.1, 0.15) is 19.4 Å². The molecule has 0 saturated carbocycles. The molecule has 0 bridgehead atoms. The molecule has 0 saturated heterocycles. The van der Waals surface area contributed by atoms with Crippen LogP contribution in [0.3, 0.4) is 0 Å². The summed E-state index contributed by atoms with van der Waals surface area (Å²) < 4.78 is 16.8. The number of nitro groups is 1. The van der Waals surface area contributed by atoms with Crippen LogP contribution in [0.5, 0.6) is 17.2 Å². The fourth-order valence-corrected chi connectivity index (χ4v) is 4.22. The average Bonchev–Trinajstić information content (AvgIpc) is 3.29. The van der Waals surface area contributed by atoms with E-state index >= 15 is 0 Å². The second-order valence-corrected chi connectivity index (χ2v) is 8.93. The zero-order valence-electron chi connectivity index (χ0n) is 19.8. The molecule has 186 valence electrons. The van der Waals surface area contributed by atoms with Gasteiger partial charge in [0.15, 0.2) is 17.3 Å². The van der Waals surface area contributed by atoms with Crippen molar-refractivity contribution in [1.82, 2.24) is 5.01 Å². The topological polar surface area (TPSA) is 140 Å². The number of rotatable bonds is 9. The molecule has 0 radical (unpaired) electrons. The summed E-state index contributed by atoms with van der Waals surface area (Å²) in [6.45, 7) is 4.20. The molecular weight excluding hydrogens is 486 g/mol. The number of fused-ring (bicyclic) bond motifs is 1. The van der Waals surface area contributed by atoms with Crippen LogP contribution in [0.4, 0.5) is 5.69 Å². The number of nitrogens with zero attached hydrogens (tertiary/aromatic N) is 4. The summed E-state index contributed by atoms with van der Waals surface area (Å²) >= 11 is 1.24. The van der Waals surface area contributed by atoms with Crippen molar-refractivity contribution in [3.8, 4) is 17.2 Å². The van der Waals surface area contributed by atoms with Gasteiger partial charge >= 0.3 is 0 Å². The van der Waals surface area contributed by atoms with Crippen molar-refractivity contribution in [3.63, 3.8) is 0 Å². The first-order valence-corrected chi connectivity index (χ1v) is 11.8. The number of hydrogen-bond acceptors (Lipinski definition) is 9. The summed E-state index contributed by atoms with van der Waals surface area (Å²) in [7, 11) is 1.54. The lowest BCUT2D eigenvalue weighted by Gasteiger charge is -2.20. The summed E-state index contributed by atoms with van der Waals surface area (Å²) in [6.07, 6.45) is 1.36. The lowest BCUT2D eigenvalue weighted by Crippen LogP contribution is -2.35. The first-order valence-electron chi connectivity index (χ1n) is 11.0. The number of para-hydroxylation sites is 2.